The molecule has 0 N–H and O–H groups in total. The monoisotopic (exact) mass is 475 g/mol. The normalized spacial score (nSPS) is 9.97. The number of hydrogen-bond donors (Lipinski definition) is 0. The van der Waals surface area contributed by atoms with E-state index < -0.39 is 17.9 Å². The first-order chi connectivity index (χ1) is 16.6. The van der Waals surface area contributed by atoms with Gasteiger partial charge in [-0.3, -0.25) is 9.78 Å². The highest BCUT2D eigenvalue weighted by Gasteiger charge is 2.14. The Morgan fingerprint density at radius 3 is 2.09 bits per heavy atom. The van der Waals surface area contributed by atoms with Crippen molar-refractivity contribution < 1.29 is 38.1 Å². The zero-order valence-electron chi connectivity index (χ0n) is 20.0. The van der Waals surface area contributed by atoms with Gasteiger partial charge >= 0.3 is 17.9 Å². The molecule has 0 aliphatic carbocycles. The van der Waals surface area contributed by atoms with E-state index in [0.29, 0.717) is 38.2 Å². The summed E-state index contributed by atoms with van der Waals surface area (Å²) in [4.78, 5) is 38.8. The maximum Gasteiger partial charge on any atom is 0.342 e. The third kappa shape index (κ3) is 12.1. The minimum Gasteiger partial charge on any atom is -0.462 e. The second kappa shape index (κ2) is 18.2. The Kier molecular flexibility index (Phi) is 15.3. The molecule has 9 nitrogen and oxygen atoms in total. The van der Waals surface area contributed by atoms with Gasteiger partial charge < -0.3 is 23.7 Å². The van der Waals surface area contributed by atoms with E-state index in [-0.39, 0.29) is 31.1 Å². The Hall–Kier alpha value is -3.30. The molecule has 0 saturated heterocycles. The van der Waals surface area contributed by atoms with Gasteiger partial charge in [-0.2, -0.15) is 0 Å². The van der Waals surface area contributed by atoms with Crippen molar-refractivity contribution in [3.05, 3.63) is 59.9 Å². The number of carbonyl (C=O) groups excluding carboxylic acids is 3. The summed E-state index contributed by atoms with van der Waals surface area (Å²) in [5, 5.41) is 0. The van der Waals surface area contributed by atoms with Crippen LogP contribution in [-0.4, -0.2) is 62.5 Å². The van der Waals surface area contributed by atoms with Gasteiger partial charge in [0.1, 0.15) is 17.9 Å². The van der Waals surface area contributed by atoms with Crippen LogP contribution in [0.5, 0.6) is 5.75 Å². The minimum absolute atomic E-state index is 0.0798. The number of ether oxygens (including phenoxy) is 5. The average molecular weight is 476 g/mol. The summed E-state index contributed by atoms with van der Waals surface area (Å²) >= 11 is 0. The van der Waals surface area contributed by atoms with Gasteiger partial charge in [-0.1, -0.05) is 26.0 Å². The third-order valence-electron chi connectivity index (χ3n) is 3.96. The highest BCUT2D eigenvalue weighted by Crippen LogP contribution is 2.19. The maximum absolute atomic E-state index is 12.1. The Balaban J connectivity index is 0.00000281. The molecule has 0 spiro atoms. The number of para-hydroxylation sites is 1. The second-order valence-corrected chi connectivity index (χ2v) is 6.54. The number of rotatable bonds is 14. The van der Waals surface area contributed by atoms with E-state index in [0.717, 1.165) is 0 Å². The van der Waals surface area contributed by atoms with E-state index in [1.165, 1.54) is 25.3 Å². The molecule has 0 aliphatic rings. The van der Waals surface area contributed by atoms with Crippen LogP contribution < -0.4 is 4.74 Å². The Morgan fingerprint density at radius 1 is 0.765 bits per heavy atom. The molecule has 2 aromatic rings. The first-order valence-corrected chi connectivity index (χ1v) is 11.2. The van der Waals surface area contributed by atoms with E-state index in [1.54, 1.807) is 30.5 Å². The summed E-state index contributed by atoms with van der Waals surface area (Å²) in [5.41, 5.74) is 0.604. The average Bonchev–Trinajstić information content (AvgIpc) is 2.86. The molecule has 0 radical (unpaired) electrons. The fraction of sp³-hybridized carbons (Fsp3) is 0.440. The number of esters is 3. The van der Waals surface area contributed by atoms with Crippen LogP contribution in [0.1, 0.15) is 54.3 Å². The molecule has 0 amide bonds. The summed E-state index contributed by atoms with van der Waals surface area (Å²) in [6.45, 7) is 7.29. The summed E-state index contributed by atoms with van der Waals surface area (Å²) in [6, 6.07) is 9.70. The fourth-order valence-electron chi connectivity index (χ4n) is 2.51. The van der Waals surface area contributed by atoms with E-state index in [2.05, 4.69) is 4.98 Å². The lowest BCUT2D eigenvalue weighted by Gasteiger charge is -2.09. The molecule has 9 heteroatoms. The highest BCUT2D eigenvalue weighted by atomic mass is 16.6. The van der Waals surface area contributed by atoms with Crippen LogP contribution in [0.25, 0.3) is 0 Å². The van der Waals surface area contributed by atoms with Crippen molar-refractivity contribution in [1.29, 1.82) is 0 Å². The minimum atomic E-state index is -0.585. The Labute approximate surface area is 200 Å². The van der Waals surface area contributed by atoms with Crippen molar-refractivity contribution in [2.75, 3.05) is 39.6 Å². The lowest BCUT2D eigenvalue weighted by Crippen LogP contribution is -2.14. The molecule has 1 aromatic heterocycles. The van der Waals surface area contributed by atoms with Crippen LogP contribution >= 0.6 is 0 Å². The Bertz CT molecular complexity index is 857. The van der Waals surface area contributed by atoms with Crippen LogP contribution in [0.2, 0.25) is 0 Å². The first-order valence-electron chi connectivity index (χ1n) is 11.2. The van der Waals surface area contributed by atoms with Gasteiger partial charge in [0.25, 0.3) is 0 Å². The van der Waals surface area contributed by atoms with Crippen molar-refractivity contribution in [3.63, 3.8) is 0 Å². The van der Waals surface area contributed by atoms with Crippen molar-refractivity contribution in [2.24, 2.45) is 0 Å². The smallest absolute Gasteiger partial charge is 0.342 e. The van der Waals surface area contributed by atoms with Crippen molar-refractivity contribution in [1.82, 2.24) is 4.98 Å². The van der Waals surface area contributed by atoms with Crippen LogP contribution in [0.4, 0.5) is 0 Å². The van der Waals surface area contributed by atoms with Crippen molar-refractivity contribution in [2.45, 2.75) is 33.6 Å². The van der Waals surface area contributed by atoms with Gasteiger partial charge in [-0.05, 0) is 30.7 Å². The van der Waals surface area contributed by atoms with E-state index >= 15 is 0 Å². The van der Waals surface area contributed by atoms with Gasteiger partial charge in [0.2, 0.25) is 0 Å². The molecule has 1 heterocycles. The molecule has 0 atom stereocenters. The van der Waals surface area contributed by atoms with Gasteiger partial charge in [-0.15, -0.1) is 0 Å². The number of carbonyl (C=O) groups is 3. The molecule has 0 fully saturated rings. The largest absolute Gasteiger partial charge is 0.462 e. The number of hydrogen-bond acceptors (Lipinski definition) is 9. The van der Waals surface area contributed by atoms with Gasteiger partial charge in [0.05, 0.1) is 18.8 Å². The molecule has 0 aliphatic heterocycles. The predicted molar refractivity (Wildman–Crippen MR) is 125 cm³/mol. The lowest BCUT2D eigenvalue weighted by atomic mass is 10.2. The zero-order valence-corrected chi connectivity index (χ0v) is 20.0. The topological polar surface area (TPSA) is 110 Å². The van der Waals surface area contributed by atoms with Gasteiger partial charge in [-0.25, -0.2) is 9.59 Å². The summed E-state index contributed by atoms with van der Waals surface area (Å²) in [7, 11) is 0. The fourth-order valence-corrected chi connectivity index (χ4v) is 2.51. The molecular formula is C25H33NO8. The van der Waals surface area contributed by atoms with Crippen LogP contribution in [0.15, 0.2) is 48.8 Å². The number of aromatic nitrogens is 1. The highest BCUT2D eigenvalue weighted by molar-refractivity contribution is 5.93. The lowest BCUT2D eigenvalue weighted by molar-refractivity contribution is -0.131. The van der Waals surface area contributed by atoms with E-state index in [4.69, 9.17) is 23.7 Å². The standard InChI is InChI=1S/C23H27NO8.C2H6/c1-18(25)32-21-9-3-2-8-20(21)23(27)31-16-15-29-12-5-11-28-13-6-14-30-22(26)19-7-4-10-24-17-19;1-2/h2-4,7-10,17H,5-6,11-16H2,1H3;1-2H3. The molecule has 2 rings (SSSR count). The van der Waals surface area contributed by atoms with Crippen molar-refractivity contribution >= 4 is 17.9 Å². The second-order valence-electron chi connectivity index (χ2n) is 6.54. The molecule has 186 valence electrons. The predicted octanol–water partition coefficient (Wildman–Crippen LogP) is 3.86. The molecule has 0 bridgehead atoms. The summed E-state index contributed by atoms with van der Waals surface area (Å²) < 4.78 is 26.1. The van der Waals surface area contributed by atoms with Crippen LogP contribution in [0.3, 0.4) is 0 Å². The molecule has 1 aromatic carbocycles. The molecule has 0 saturated carbocycles. The maximum atomic E-state index is 12.1. The molecule has 34 heavy (non-hydrogen) atoms. The van der Waals surface area contributed by atoms with Crippen LogP contribution in [-0.2, 0) is 23.7 Å². The number of pyridine rings is 1. The van der Waals surface area contributed by atoms with Crippen LogP contribution in [0, 0.1) is 0 Å². The van der Waals surface area contributed by atoms with Crippen molar-refractivity contribution in [3.8, 4) is 5.75 Å². The third-order valence-corrected chi connectivity index (χ3v) is 3.96. The zero-order chi connectivity index (χ0) is 25.0. The van der Waals surface area contributed by atoms with E-state index in [9.17, 15) is 14.4 Å². The quantitative estimate of drug-likeness (QED) is 0.228. The SMILES string of the molecule is CC.CC(=O)Oc1ccccc1C(=O)OCCOCCCOCCCOC(=O)c1cccnc1. The summed E-state index contributed by atoms with van der Waals surface area (Å²) in [6.07, 6.45) is 4.33. The number of nitrogens with zero attached hydrogens (tertiary/aromatic N) is 1. The molecular weight excluding hydrogens is 442 g/mol. The van der Waals surface area contributed by atoms with Gasteiger partial charge in [0, 0.05) is 45.6 Å². The van der Waals surface area contributed by atoms with E-state index in [1.807, 2.05) is 13.8 Å². The summed E-state index contributed by atoms with van der Waals surface area (Å²) in [5.74, 6) is -1.34. The van der Waals surface area contributed by atoms with Gasteiger partial charge in [0.15, 0.2) is 0 Å². The Morgan fingerprint density at radius 2 is 1.41 bits per heavy atom. The first kappa shape index (κ1) is 28.7. The number of benzene rings is 1. The molecule has 0 unspecified atom stereocenters.